The van der Waals surface area contributed by atoms with E-state index in [0.29, 0.717) is 5.69 Å². The lowest BCUT2D eigenvalue weighted by Gasteiger charge is -2.34. The number of rotatable bonds is 4. The molecule has 2 rings (SSSR count). The van der Waals surface area contributed by atoms with Gasteiger partial charge in [-0.25, -0.2) is 0 Å². The van der Waals surface area contributed by atoms with Gasteiger partial charge in [-0.05, 0) is 43.4 Å². The van der Waals surface area contributed by atoms with Crippen molar-refractivity contribution in [3.8, 4) is 0 Å². The predicted octanol–water partition coefficient (Wildman–Crippen LogP) is 2.70. The summed E-state index contributed by atoms with van der Waals surface area (Å²) in [4.78, 5) is 10.7. The second-order valence-corrected chi connectivity index (χ2v) is 5.72. The zero-order valence-corrected chi connectivity index (χ0v) is 11.5. The van der Waals surface area contributed by atoms with Crippen molar-refractivity contribution in [1.29, 1.82) is 0 Å². The van der Waals surface area contributed by atoms with Crippen molar-refractivity contribution < 1.29 is 4.92 Å². The Bertz CT molecular complexity index is 468. The van der Waals surface area contributed by atoms with Crippen LogP contribution in [0, 0.1) is 22.5 Å². The number of piperidine rings is 1. The van der Waals surface area contributed by atoms with Crippen LogP contribution in [0.25, 0.3) is 0 Å². The molecule has 1 saturated heterocycles. The van der Waals surface area contributed by atoms with E-state index in [4.69, 9.17) is 0 Å². The summed E-state index contributed by atoms with van der Waals surface area (Å²) in [5.41, 5.74) is 1.84. The first-order valence-corrected chi connectivity index (χ1v) is 6.70. The number of nitrogens with zero attached hydrogens (tertiary/aromatic N) is 1. The average molecular weight is 263 g/mol. The van der Waals surface area contributed by atoms with Crippen molar-refractivity contribution in [2.75, 3.05) is 25.0 Å². The SMILES string of the molecule is Cc1ccc(NCC2(C)CCCNC2)c([N+](=O)[O-])c1. The molecule has 2 N–H and O–H groups in total. The molecule has 5 heteroatoms. The predicted molar refractivity (Wildman–Crippen MR) is 76.5 cm³/mol. The van der Waals surface area contributed by atoms with Crippen LogP contribution in [-0.2, 0) is 0 Å². The van der Waals surface area contributed by atoms with E-state index in [0.717, 1.165) is 38.0 Å². The summed E-state index contributed by atoms with van der Waals surface area (Å²) in [6.45, 7) is 6.86. The van der Waals surface area contributed by atoms with Crippen molar-refractivity contribution in [1.82, 2.24) is 5.32 Å². The Morgan fingerprint density at radius 1 is 1.53 bits per heavy atom. The lowest BCUT2D eigenvalue weighted by atomic mass is 9.83. The quantitative estimate of drug-likeness (QED) is 0.647. The van der Waals surface area contributed by atoms with E-state index >= 15 is 0 Å². The van der Waals surface area contributed by atoms with E-state index in [2.05, 4.69) is 17.6 Å². The van der Waals surface area contributed by atoms with Crippen LogP contribution < -0.4 is 10.6 Å². The number of nitro benzene ring substituents is 1. The average Bonchev–Trinajstić information content (AvgIpc) is 2.38. The molecule has 1 aromatic carbocycles. The highest BCUT2D eigenvalue weighted by Gasteiger charge is 2.27. The molecule has 19 heavy (non-hydrogen) atoms. The van der Waals surface area contributed by atoms with Crippen molar-refractivity contribution in [3.63, 3.8) is 0 Å². The molecule has 1 atom stereocenters. The monoisotopic (exact) mass is 263 g/mol. The lowest BCUT2D eigenvalue weighted by Crippen LogP contribution is -2.42. The van der Waals surface area contributed by atoms with Gasteiger partial charge in [-0.2, -0.15) is 0 Å². The normalized spacial score (nSPS) is 23.1. The molecule has 1 aliphatic rings. The van der Waals surface area contributed by atoms with Gasteiger partial charge in [0.25, 0.3) is 5.69 Å². The summed E-state index contributed by atoms with van der Waals surface area (Å²) in [6, 6.07) is 5.31. The molecule has 0 saturated carbocycles. The minimum Gasteiger partial charge on any atom is -0.379 e. The number of nitro groups is 1. The van der Waals surface area contributed by atoms with Crippen LogP contribution >= 0.6 is 0 Å². The molecule has 0 aliphatic carbocycles. The number of anilines is 1. The molecule has 1 aromatic rings. The van der Waals surface area contributed by atoms with Gasteiger partial charge >= 0.3 is 0 Å². The van der Waals surface area contributed by atoms with Gasteiger partial charge in [-0.3, -0.25) is 10.1 Å². The van der Waals surface area contributed by atoms with Gasteiger partial charge in [0.2, 0.25) is 0 Å². The zero-order chi connectivity index (χ0) is 13.9. The Balaban J connectivity index is 2.08. The van der Waals surface area contributed by atoms with Crippen LogP contribution in [-0.4, -0.2) is 24.6 Å². The fourth-order valence-electron chi connectivity index (χ4n) is 2.52. The first-order valence-electron chi connectivity index (χ1n) is 6.70. The molecule has 0 amide bonds. The molecular weight excluding hydrogens is 242 g/mol. The van der Waals surface area contributed by atoms with Crippen LogP contribution in [0.3, 0.4) is 0 Å². The fourth-order valence-corrected chi connectivity index (χ4v) is 2.52. The number of aryl methyl sites for hydroxylation is 1. The second kappa shape index (κ2) is 5.57. The molecule has 1 heterocycles. The molecule has 1 fully saturated rings. The van der Waals surface area contributed by atoms with Gasteiger partial charge < -0.3 is 10.6 Å². The third-order valence-electron chi connectivity index (χ3n) is 3.74. The van der Waals surface area contributed by atoms with Gasteiger partial charge in [-0.15, -0.1) is 0 Å². The maximum Gasteiger partial charge on any atom is 0.292 e. The van der Waals surface area contributed by atoms with E-state index in [1.165, 1.54) is 0 Å². The first kappa shape index (κ1) is 13.8. The largest absolute Gasteiger partial charge is 0.379 e. The van der Waals surface area contributed by atoms with E-state index in [9.17, 15) is 10.1 Å². The fraction of sp³-hybridized carbons (Fsp3) is 0.571. The molecule has 1 unspecified atom stereocenters. The number of nitrogens with one attached hydrogen (secondary N) is 2. The van der Waals surface area contributed by atoms with Crippen molar-refractivity contribution in [2.45, 2.75) is 26.7 Å². The standard InChI is InChI=1S/C14H21N3O2/c1-11-4-5-12(13(8-11)17(18)19)16-10-14(2)6-3-7-15-9-14/h4-5,8,15-16H,3,6-7,9-10H2,1-2H3. The molecular formula is C14H21N3O2. The van der Waals surface area contributed by atoms with Gasteiger partial charge in [0.15, 0.2) is 0 Å². The highest BCUT2D eigenvalue weighted by molar-refractivity contribution is 5.62. The summed E-state index contributed by atoms with van der Waals surface area (Å²) < 4.78 is 0. The lowest BCUT2D eigenvalue weighted by molar-refractivity contribution is -0.384. The van der Waals surface area contributed by atoms with E-state index in [1.54, 1.807) is 12.1 Å². The maximum absolute atomic E-state index is 11.1. The van der Waals surface area contributed by atoms with Crippen LogP contribution in [0.1, 0.15) is 25.3 Å². The minimum atomic E-state index is -0.323. The Morgan fingerprint density at radius 2 is 2.32 bits per heavy atom. The van der Waals surface area contributed by atoms with Crippen LogP contribution in [0.5, 0.6) is 0 Å². The summed E-state index contributed by atoms with van der Waals surface area (Å²) in [5, 5.41) is 17.7. The van der Waals surface area contributed by atoms with Gasteiger partial charge in [0.05, 0.1) is 4.92 Å². The van der Waals surface area contributed by atoms with Crippen LogP contribution in [0.4, 0.5) is 11.4 Å². The van der Waals surface area contributed by atoms with Crippen LogP contribution in [0.15, 0.2) is 18.2 Å². The number of benzene rings is 1. The molecule has 0 bridgehead atoms. The topological polar surface area (TPSA) is 67.2 Å². The zero-order valence-electron chi connectivity index (χ0n) is 11.5. The third-order valence-corrected chi connectivity index (χ3v) is 3.74. The first-order chi connectivity index (χ1) is 9.00. The molecule has 104 valence electrons. The Hall–Kier alpha value is -1.62. The third kappa shape index (κ3) is 3.44. The number of hydrogen-bond acceptors (Lipinski definition) is 4. The Labute approximate surface area is 113 Å². The smallest absolute Gasteiger partial charge is 0.292 e. The Morgan fingerprint density at radius 3 is 2.95 bits per heavy atom. The second-order valence-electron chi connectivity index (χ2n) is 5.72. The molecule has 5 nitrogen and oxygen atoms in total. The molecule has 1 aliphatic heterocycles. The van der Waals surface area contributed by atoms with Crippen molar-refractivity contribution in [3.05, 3.63) is 33.9 Å². The van der Waals surface area contributed by atoms with Gasteiger partial charge in [0.1, 0.15) is 5.69 Å². The van der Waals surface area contributed by atoms with Gasteiger partial charge in [0, 0.05) is 19.2 Å². The van der Waals surface area contributed by atoms with E-state index in [1.807, 2.05) is 13.0 Å². The molecule has 0 radical (unpaired) electrons. The summed E-state index contributed by atoms with van der Waals surface area (Å²) in [6.07, 6.45) is 2.31. The highest BCUT2D eigenvalue weighted by atomic mass is 16.6. The number of hydrogen-bond donors (Lipinski definition) is 2. The molecule has 0 aromatic heterocycles. The van der Waals surface area contributed by atoms with Gasteiger partial charge in [-0.1, -0.05) is 13.0 Å². The summed E-state index contributed by atoms with van der Waals surface area (Å²) in [5.74, 6) is 0. The Kier molecular flexibility index (Phi) is 4.04. The van der Waals surface area contributed by atoms with Crippen molar-refractivity contribution >= 4 is 11.4 Å². The summed E-state index contributed by atoms with van der Waals surface area (Å²) in [7, 11) is 0. The maximum atomic E-state index is 11.1. The minimum absolute atomic E-state index is 0.160. The van der Waals surface area contributed by atoms with E-state index < -0.39 is 0 Å². The summed E-state index contributed by atoms with van der Waals surface area (Å²) >= 11 is 0. The highest BCUT2D eigenvalue weighted by Crippen LogP contribution is 2.29. The van der Waals surface area contributed by atoms with Crippen LogP contribution in [0.2, 0.25) is 0 Å². The van der Waals surface area contributed by atoms with E-state index in [-0.39, 0.29) is 16.0 Å². The molecule has 0 spiro atoms. The van der Waals surface area contributed by atoms with Crippen molar-refractivity contribution in [2.24, 2.45) is 5.41 Å².